The first-order chi connectivity index (χ1) is 8.60. The number of nitrogens with one attached hydrogen (secondary N) is 2. The summed E-state index contributed by atoms with van der Waals surface area (Å²) in [5.41, 5.74) is 2.32. The molecule has 18 heavy (non-hydrogen) atoms. The lowest BCUT2D eigenvalue weighted by atomic mass is 10.0. The minimum Gasteiger partial charge on any atom is -0.349 e. The second-order valence-electron chi connectivity index (χ2n) is 4.91. The maximum atomic E-state index is 12.2. The van der Waals surface area contributed by atoms with E-state index < -0.39 is 0 Å². The largest absolute Gasteiger partial charge is 0.349 e. The number of carbonyl (C=O) groups is 1. The Balaban J connectivity index is 2.66. The first kappa shape index (κ1) is 14.7. The van der Waals surface area contributed by atoms with E-state index in [4.69, 9.17) is 0 Å². The molecule has 1 heterocycles. The van der Waals surface area contributed by atoms with Gasteiger partial charge < -0.3 is 5.32 Å². The fourth-order valence-corrected chi connectivity index (χ4v) is 2.23. The van der Waals surface area contributed by atoms with E-state index in [0.29, 0.717) is 5.56 Å². The van der Waals surface area contributed by atoms with Crippen molar-refractivity contribution in [3.05, 3.63) is 17.0 Å². The normalized spacial score (nSPS) is 12.4. The Hall–Kier alpha value is -1.32. The van der Waals surface area contributed by atoms with Gasteiger partial charge in [0.05, 0.1) is 11.3 Å². The second kappa shape index (κ2) is 7.19. The molecule has 0 aliphatic carbocycles. The van der Waals surface area contributed by atoms with E-state index in [-0.39, 0.29) is 11.9 Å². The van der Waals surface area contributed by atoms with Crippen molar-refractivity contribution in [2.24, 2.45) is 0 Å². The third-order valence-corrected chi connectivity index (χ3v) is 3.23. The Kier molecular flexibility index (Phi) is 5.89. The maximum absolute atomic E-state index is 12.2. The standard InChI is InChI=1S/C14H25N3O/c1-5-7-9-12(8-6-2)15-14(18)13-10(3)16-17-11(13)4/h12H,5-9H2,1-4H3,(H,15,18)(H,16,17). The summed E-state index contributed by atoms with van der Waals surface area (Å²) in [5.74, 6) is 0.00769. The molecule has 0 fully saturated rings. The summed E-state index contributed by atoms with van der Waals surface area (Å²) in [4.78, 5) is 12.2. The number of H-pyrrole nitrogens is 1. The molecule has 102 valence electrons. The summed E-state index contributed by atoms with van der Waals surface area (Å²) >= 11 is 0. The van der Waals surface area contributed by atoms with Gasteiger partial charge in [-0.05, 0) is 26.7 Å². The molecule has 1 aromatic rings. The predicted octanol–water partition coefficient (Wildman–Crippen LogP) is 3.12. The second-order valence-corrected chi connectivity index (χ2v) is 4.91. The highest BCUT2D eigenvalue weighted by molar-refractivity contribution is 5.96. The molecule has 0 radical (unpaired) electrons. The zero-order chi connectivity index (χ0) is 13.5. The number of nitrogens with zero attached hydrogens (tertiary/aromatic N) is 1. The first-order valence-electron chi connectivity index (χ1n) is 6.92. The van der Waals surface area contributed by atoms with Crippen LogP contribution in [0.25, 0.3) is 0 Å². The Morgan fingerprint density at radius 1 is 1.28 bits per heavy atom. The quantitative estimate of drug-likeness (QED) is 0.782. The number of aryl methyl sites for hydroxylation is 2. The maximum Gasteiger partial charge on any atom is 0.255 e. The molecule has 2 N–H and O–H groups in total. The molecule has 1 aromatic heterocycles. The van der Waals surface area contributed by atoms with Crippen molar-refractivity contribution in [2.75, 3.05) is 0 Å². The fraction of sp³-hybridized carbons (Fsp3) is 0.714. The third kappa shape index (κ3) is 3.86. The summed E-state index contributed by atoms with van der Waals surface area (Å²) in [7, 11) is 0. The number of amides is 1. The topological polar surface area (TPSA) is 57.8 Å². The van der Waals surface area contributed by atoms with Crippen molar-refractivity contribution in [1.82, 2.24) is 15.5 Å². The molecule has 0 saturated heterocycles. The SMILES string of the molecule is CCCCC(CCC)NC(=O)c1c(C)n[nH]c1C. The highest BCUT2D eigenvalue weighted by Crippen LogP contribution is 2.12. The van der Waals surface area contributed by atoms with Crippen LogP contribution in [0.2, 0.25) is 0 Å². The van der Waals surface area contributed by atoms with E-state index >= 15 is 0 Å². The number of hydrogen-bond acceptors (Lipinski definition) is 2. The molecule has 1 amide bonds. The van der Waals surface area contributed by atoms with Crippen molar-refractivity contribution in [2.45, 2.75) is 65.8 Å². The zero-order valence-corrected chi connectivity index (χ0v) is 12.0. The van der Waals surface area contributed by atoms with Gasteiger partial charge in [-0.2, -0.15) is 5.10 Å². The molecule has 4 heteroatoms. The van der Waals surface area contributed by atoms with Crippen LogP contribution in [0.15, 0.2) is 0 Å². The summed E-state index contributed by atoms with van der Waals surface area (Å²) < 4.78 is 0. The van der Waals surface area contributed by atoms with Crippen LogP contribution in [0.3, 0.4) is 0 Å². The minimum absolute atomic E-state index is 0.00769. The van der Waals surface area contributed by atoms with Crippen LogP contribution in [0.1, 0.15) is 67.7 Å². The molecule has 0 aliphatic heterocycles. The molecule has 1 rings (SSSR count). The smallest absolute Gasteiger partial charge is 0.255 e. The average molecular weight is 251 g/mol. The van der Waals surface area contributed by atoms with Crippen molar-refractivity contribution < 1.29 is 4.79 Å². The highest BCUT2D eigenvalue weighted by atomic mass is 16.1. The predicted molar refractivity (Wildman–Crippen MR) is 73.7 cm³/mol. The van der Waals surface area contributed by atoms with Gasteiger partial charge in [-0.1, -0.05) is 33.1 Å². The van der Waals surface area contributed by atoms with Crippen molar-refractivity contribution in [3.63, 3.8) is 0 Å². The number of hydrogen-bond donors (Lipinski definition) is 2. The molecule has 1 unspecified atom stereocenters. The number of aromatic amines is 1. The minimum atomic E-state index is 0.00769. The van der Waals surface area contributed by atoms with Crippen LogP contribution in [0, 0.1) is 13.8 Å². The van der Waals surface area contributed by atoms with Crippen molar-refractivity contribution in [3.8, 4) is 0 Å². The lowest BCUT2D eigenvalue weighted by Gasteiger charge is -2.17. The molecule has 1 atom stereocenters. The third-order valence-electron chi connectivity index (χ3n) is 3.23. The summed E-state index contributed by atoms with van der Waals surface area (Å²) in [6.07, 6.45) is 5.53. The van der Waals surface area contributed by atoms with E-state index in [2.05, 4.69) is 29.4 Å². The number of rotatable bonds is 7. The van der Waals surface area contributed by atoms with Gasteiger partial charge in [0.25, 0.3) is 5.91 Å². The van der Waals surface area contributed by atoms with Crippen LogP contribution in [-0.2, 0) is 0 Å². The first-order valence-corrected chi connectivity index (χ1v) is 6.92. The van der Waals surface area contributed by atoms with Crippen LogP contribution in [0.5, 0.6) is 0 Å². The summed E-state index contributed by atoms with van der Waals surface area (Å²) in [6, 6.07) is 0.288. The summed E-state index contributed by atoms with van der Waals surface area (Å²) in [6.45, 7) is 8.07. The van der Waals surface area contributed by atoms with E-state index in [1.165, 1.54) is 6.42 Å². The van der Waals surface area contributed by atoms with Crippen LogP contribution in [0.4, 0.5) is 0 Å². The van der Waals surface area contributed by atoms with E-state index in [9.17, 15) is 4.79 Å². The van der Waals surface area contributed by atoms with Gasteiger partial charge >= 0.3 is 0 Å². The van der Waals surface area contributed by atoms with Gasteiger partial charge in [0.1, 0.15) is 0 Å². The van der Waals surface area contributed by atoms with Crippen molar-refractivity contribution >= 4 is 5.91 Å². The Bertz CT molecular complexity index is 365. The lowest BCUT2D eigenvalue weighted by Crippen LogP contribution is -2.35. The molecule has 0 spiro atoms. The van der Waals surface area contributed by atoms with Gasteiger partial charge in [0, 0.05) is 11.7 Å². The Morgan fingerprint density at radius 2 is 2.00 bits per heavy atom. The molecule has 0 saturated carbocycles. The van der Waals surface area contributed by atoms with Crippen molar-refractivity contribution in [1.29, 1.82) is 0 Å². The van der Waals surface area contributed by atoms with E-state index in [1.807, 2.05) is 13.8 Å². The zero-order valence-electron chi connectivity index (χ0n) is 12.0. The fourth-order valence-electron chi connectivity index (χ4n) is 2.23. The average Bonchev–Trinajstić information content (AvgIpc) is 2.66. The Morgan fingerprint density at radius 3 is 2.50 bits per heavy atom. The van der Waals surface area contributed by atoms with Gasteiger partial charge in [0.2, 0.25) is 0 Å². The number of aromatic nitrogens is 2. The van der Waals surface area contributed by atoms with E-state index in [0.717, 1.165) is 37.1 Å². The molecule has 4 nitrogen and oxygen atoms in total. The van der Waals surface area contributed by atoms with Crippen LogP contribution in [-0.4, -0.2) is 22.1 Å². The summed E-state index contributed by atoms with van der Waals surface area (Å²) in [5, 5.41) is 10.1. The molecule has 0 aromatic carbocycles. The highest BCUT2D eigenvalue weighted by Gasteiger charge is 2.18. The van der Waals surface area contributed by atoms with Crippen LogP contribution >= 0.6 is 0 Å². The monoisotopic (exact) mass is 251 g/mol. The van der Waals surface area contributed by atoms with Gasteiger partial charge in [-0.15, -0.1) is 0 Å². The number of carbonyl (C=O) groups excluding carboxylic acids is 1. The number of unbranched alkanes of at least 4 members (excludes halogenated alkanes) is 1. The molecular weight excluding hydrogens is 226 g/mol. The van der Waals surface area contributed by atoms with Crippen LogP contribution < -0.4 is 5.32 Å². The van der Waals surface area contributed by atoms with Gasteiger partial charge in [-0.3, -0.25) is 9.89 Å². The molecule has 0 aliphatic rings. The lowest BCUT2D eigenvalue weighted by molar-refractivity contribution is 0.0931. The Labute approximate surface area is 110 Å². The molecular formula is C14H25N3O. The van der Waals surface area contributed by atoms with Gasteiger partial charge in [0.15, 0.2) is 0 Å². The van der Waals surface area contributed by atoms with E-state index in [1.54, 1.807) is 0 Å². The molecule has 0 bridgehead atoms. The van der Waals surface area contributed by atoms with Gasteiger partial charge in [-0.25, -0.2) is 0 Å².